The van der Waals surface area contributed by atoms with E-state index in [2.05, 4.69) is 5.32 Å². The van der Waals surface area contributed by atoms with Crippen LogP contribution in [0.4, 0.5) is 8.78 Å². The molecule has 0 spiro atoms. The molecule has 0 saturated heterocycles. The first-order chi connectivity index (χ1) is 9.20. The number of nitrogens with one attached hydrogen (secondary N) is 1. The van der Waals surface area contributed by atoms with Crippen LogP contribution in [0.25, 0.3) is 0 Å². The Bertz CT molecular complexity index is 374. The molecule has 0 aromatic heterocycles. The molecule has 0 bridgehead atoms. The molecule has 108 valence electrons. The highest BCUT2D eigenvalue weighted by Gasteiger charge is 2.17. The highest BCUT2D eigenvalue weighted by molar-refractivity contribution is 5.22. The van der Waals surface area contributed by atoms with E-state index < -0.39 is 11.6 Å². The third-order valence-electron chi connectivity index (χ3n) is 2.71. The number of rotatable bonds is 9. The molecule has 5 heteroatoms. The van der Waals surface area contributed by atoms with Crippen molar-refractivity contribution in [2.45, 2.75) is 19.4 Å². The Labute approximate surface area is 112 Å². The van der Waals surface area contributed by atoms with E-state index in [1.54, 1.807) is 13.2 Å². The minimum Gasteiger partial charge on any atom is -0.382 e. The summed E-state index contributed by atoms with van der Waals surface area (Å²) in [5.41, 5.74) is 0.297. The molecule has 1 rings (SSSR count). The van der Waals surface area contributed by atoms with Gasteiger partial charge < -0.3 is 14.8 Å². The number of halogens is 2. The van der Waals surface area contributed by atoms with Crippen molar-refractivity contribution in [3.63, 3.8) is 0 Å². The summed E-state index contributed by atoms with van der Waals surface area (Å²) in [5, 5.41) is 3.16. The maximum absolute atomic E-state index is 13.8. The summed E-state index contributed by atoms with van der Waals surface area (Å²) < 4.78 is 37.3. The van der Waals surface area contributed by atoms with Gasteiger partial charge in [0.15, 0.2) is 11.6 Å². The summed E-state index contributed by atoms with van der Waals surface area (Å²) in [6, 6.07) is 3.84. The van der Waals surface area contributed by atoms with Crippen molar-refractivity contribution in [3.05, 3.63) is 35.4 Å². The zero-order valence-corrected chi connectivity index (χ0v) is 11.4. The topological polar surface area (TPSA) is 30.5 Å². The summed E-state index contributed by atoms with van der Waals surface area (Å²) in [6.45, 7) is 3.92. The molecule has 1 aromatic rings. The van der Waals surface area contributed by atoms with Gasteiger partial charge in [0.2, 0.25) is 0 Å². The minimum absolute atomic E-state index is 0.281. The minimum atomic E-state index is -0.835. The fraction of sp³-hybridized carbons (Fsp3) is 0.571. The number of methoxy groups -OCH3 is 1. The van der Waals surface area contributed by atoms with E-state index in [4.69, 9.17) is 9.47 Å². The molecule has 0 aliphatic heterocycles. The van der Waals surface area contributed by atoms with E-state index >= 15 is 0 Å². The summed E-state index contributed by atoms with van der Waals surface area (Å²) in [5.74, 6) is -1.65. The van der Waals surface area contributed by atoms with Crippen molar-refractivity contribution in [1.29, 1.82) is 0 Å². The Hall–Kier alpha value is -1.04. The molecule has 0 radical (unpaired) electrons. The Morgan fingerprint density at radius 3 is 2.74 bits per heavy atom. The second-order valence-corrected chi connectivity index (χ2v) is 4.22. The standard InChI is InChI=1S/C14H21F2NO2/c1-3-7-17-13(10-19-9-8-18-2)11-5-4-6-12(15)14(11)16/h4-6,13,17H,3,7-10H2,1-2H3. The van der Waals surface area contributed by atoms with E-state index in [0.29, 0.717) is 25.3 Å². The van der Waals surface area contributed by atoms with Gasteiger partial charge in [-0.25, -0.2) is 8.78 Å². The lowest BCUT2D eigenvalue weighted by Crippen LogP contribution is -2.28. The van der Waals surface area contributed by atoms with Crippen LogP contribution in [0.5, 0.6) is 0 Å². The molecule has 0 heterocycles. The predicted octanol–water partition coefficient (Wildman–Crippen LogP) is 2.67. The Morgan fingerprint density at radius 1 is 1.26 bits per heavy atom. The van der Waals surface area contributed by atoms with Gasteiger partial charge in [0.25, 0.3) is 0 Å². The van der Waals surface area contributed by atoms with Gasteiger partial charge in [0.1, 0.15) is 0 Å². The van der Waals surface area contributed by atoms with Crippen molar-refractivity contribution >= 4 is 0 Å². The Morgan fingerprint density at radius 2 is 2.05 bits per heavy atom. The van der Waals surface area contributed by atoms with Crippen LogP contribution < -0.4 is 5.32 Å². The molecule has 1 atom stereocenters. The summed E-state index contributed by atoms with van der Waals surface area (Å²) in [6.07, 6.45) is 0.908. The molecule has 0 aliphatic rings. The van der Waals surface area contributed by atoms with Gasteiger partial charge in [-0.3, -0.25) is 0 Å². The third-order valence-corrected chi connectivity index (χ3v) is 2.71. The molecule has 0 amide bonds. The van der Waals surface area contributed by atoms with E-state index in [9.17, 15) is 8.78 Å². The van der Waals surface area contributed by atoms with Crippen LogP contribution in [-0.2, 0) is 9.47 Å². The lowest BCUT2D eigenvalue weighted by atomic mass is 10.1. The van der Waals surface area contributed by atoms with E-state index in [-0.39, 0.29) is 12.6 Å². The highest BCUT2D eigenvalue weighted by Crippen LogP contribution is 2.19. The second-order valence-electron chi connectivity index (χ2n) is 4.22. The van der Waals surface area contributed by atoms with Crippen molar-refractivity contribution in [2.75, 3.05) is 33.5 Å². The molecular weight excluding hydrogens is 252 g/mol. The van der Waals surface area contributed by atoms with E-state index in [0.717, 1.165) is 12.5 Å². The van der Waals surface area contributed by atoms with Gasteiger partial charge in [0.05, 0.1) is 25.9 Å². The first-order valence-electron chi connectivity index (χ1n) is 6.44. The van der Waals surface area contributed by atoms with Gasteiger partial charge in [-0.15, -0.1) is 0 Å². The smallest absolute Gasteiger partial charge is 0.163 e. The quantitative estimate of drug-likeness (QED) is 0.702. The monoisotopic (exact) mass is 273 g/mol. The van der Waals surface area contributed by atoms with E-state index in [1.165, 1.54) is 6.07 Å². The fourth-order valence-corrected chi connectivity index (χ4v) is 1.71. The number of hydrogen-bond acceptors (Lipinski definition) is 3. The van der Waals surface area contributed by atoms with Gasteiger partial charge in [0, 0.05) is 12.7 Å². The van der Waals surface area contributed by atoms with Crippen LogP contribution in [-0.4, -0.2) is 33.5 Å². The number of benzene rings is 1. The first-order valence-corrected chi connectivity index (χ1v) is 6.44. The van der Waals surface area contributed by atoms with Crippen LogP contribution in [0.1, 0.15) is 24.9 Å². The van der Waals surface area contributed by atoms with Crippen LogP contribution in [0.3, 0.4) is 0 Å². The van der Waals surface area contributed by atoms with E-state index in [1.807, 2.05) is 6.92 Å². The zero-order valence-electron chi connectivity index (χ0n) is 11.4. The molecule has 0 fully saturated rings. The average molecular weight is 273 g/mol. The van der Waals surface area contributed by atoms with Gasteiger partial charge >= 0.3 is 0 Å². The summed E-state index contributed by atoms with van der Waals surface area (Å²) in [7, 11) is 1.59. The molecule has 3 nitrogen and oxygen atoms in total. The number of ether oxygens (including phenoxy) is 2. The maximum atomic E-state index is 13.8. The molecular formula is C14H21F2NO2. The molecule has 1 N–H and O–H groups in total. The molecule has 1 aromatic carbocycles. The summed E-state index contributed by atoms with van der Waals surface area (Å²) >= 11 is 0. The Kier molecular flexibility index (Phi) is 7.55. The number of hydrogen-bond donors (Lipinski definition) is 1. The highest BCUT2D eigenvalue weighted by atomic mass is 19.2. The van der Waals surface area contributed by atoms with Crippen LogP contribution in [0.2, 0.25) is 0 Å². The van der Waals surface area contributed by atoms with Crippen molar-refractivity contribution in [2.24, 2.45) is 0 Å². The SMILES string of the molecule is CCCNC(COCCOC)c1cccc(F)c1F. The van der Waals surface area contributed by atoms with Crippen LogP contribution >= 0.6 is 0 Å². The molecule has 0 aliphatic carbocycles. The fourth-order valence-electron chi connectivity index (χ4n) is 1.71. The van der Waals surface area contributed by atoms with Crippen molar-refractivity contribution in [3.8, 4) is 0 Å². The first kappa shape index (κ1) is 16.0. The molecule has 19 heavy (non-hydrogen) atoms. The summed E-state index contributed by atoms with van der Waals surface area (Å²) in [4.78, 5) is 0. The van der Waals surface area contributed by atoms with Crippen molar-refractivity contribution < 1.29 is 18.3 Å². The van der Waals surface area contributed by atoms with Crippen molar-refractivity contribution in [1.82, 2.24) is 5.32 Å². The second kappa shape index (κ2) is 8.96. The molecule has 1 unspecified atom stereocenters. The van der Waals surface area contributed by atoms with Gasteiger partial charge in [-0.2, -0.15) is 0 Å². The average Bonchev–Trinajstić information content (AvgIpc) is 2.42. The largest absolute Gasteiger partial charge is 0.382 e. The predicted molar refractivity (Wildman–Crippen MR) is 70.1 cm³/mol. The lowest BCUT2D eigenvalue weighted by Gasteiger charge is -2.19. The maximum Gasteiger partial charge on any atom is 0.163 e. The van der Waals surface area contributed by atoms with Crippen LogP contribution in [0.15, 0.2) is 18.2 Å². The molecule has 0 saturated carbocycles. The van der Waals surface area contributed by atoms with Gasteiger partial charge in [-0.1, -0.05) is 19.1 Å². The normalized spacial score (nSPS) is 12.6. The van der Waals surface area contributed by atoms with Gasteiger partial charge in [-0.05, 0) is 19.0 Å². The Balaban J connectivity index is 2.69. The third kappa shape index (κ3) is 5.22. The van der Waals surface area contributed by atoms with Crippen LogP contribution in [0, 0.1) is 11.6 Å². The zero-order chi connectivity index (χ0) is 14.1. The lowest BCUT2D eigenvalue weighted by molar-refractivity contribution is 0.0580.